The van der Waals surface area contributed by atoms with Crippen LogP contribution in [0.3, 0.4) is 0 Å². The average Bonchev–Trinajstić information content (AvgIpc) is 2.82. The molecule has 0 saturated heterocycles. The Morgan fingerprint density at radius 2 is 2.11 bits per heavy atom. The third kappa shape index (κ3) is 2.18. The van der Waals surface area contributed by atoms with Crippen molar-refractivity contribution in [3.63, 3.8) is 0 Å². The van der Waals surface area contributed by atoms with Crippen LogP contribution >= 0.6 is 15.9 Å². The predicted octanol–water partition coefficient (Wildman–Crippen LogP) is 2.80. The van der Waals surface area contributed by atoms with E-state index in [4.69, 9.17) is 11.1 Å². The molecule has 19 heavy (non-hydrogen) atoms. The van der Waals surface area contributed by atoms with Crippen molar-refractivity contribution in [2.75, 3.05) is 0 Å². The summed E-state index contributed by atoms with van der Waals surface area (Å²) in [6.45, 7) is 0. The van der Waals surface area contributed by atoms with E-state index in [9.17, 15) is 0 Å². The molecule has 1 aromatic carbocycles. The molecule has 0 radical (unpaired) electrons. The van der Waals surface area contributed by atoms with E-state index in [2.05, 4.69) is 25.5 Å². The third-order valence-corrected chi connectivity index (χ3v) is 4.03. The molecule has 0 aliphatic heterocycles. The second-order valence-corrected chi connectivity index (χ2v) is 5.71. The first-order chi connectivity index (χ1) is 9.16. The molecular formula is C14H15BrN4. The maximum Gasteiger partial charge on any atom is 0.124 e. The van der Waals surface area contributed by atoms with Crippen molar-refractivity contribution in [2.45, 2.75) is 25.7 Å². The highest BCUT2D eigenvalue weighted by atomic mass is 79.9. The Hall–Kier alpha value is -1.62. The second kappa shape index (κ2) is 4.81. The first kappa shape index (κ1) is 12.4. The molecule has 0 saturated carbocycles. The molecule has 5 heteroatoms. The van der Waals surface area contributed by atoms with Crippen LogP contribution in [0.1, 0.15) is 29.8 Å². The maximum atomic E-state index is 7.72. The van der Waals surface area contributed by atoms with Crippen LogP contribution in [0.4, 0.5) is 0 Å². The molecule has 0 atom stereocenters. The Morgan fingerprint density at radius 1 is 1.32 bits per heavy atom. The molecule has 0 spiro atoms. The van der Waals surface area contributed by atoms with Gasteiger partial charge in [-0.3, -0.25) is 5.41 Å². The molecule has 3 N–H and O–H groups in total. The van der Waals surface area contributed by atoms with Gasteiger partial charge in [-0.25, -0.2) is 4.98 Å². The summed E-state index contributed by atoms with van der Waals surface area (Å²) in [6, 6.07) is 5.77. The number of halogens is 1. The van der Waals surface area contributed by atoms with Crippen LogP contribution in [-0.2, 0) is 12.8 Å². The van der Waals surface area contributed by atoms with E-state index in [1.807, 2.05) is 24.5 Å². The zero-order valence-corrected chi connectivity index (χ0v) is 12.1. The zero-order valence-electron chi connectivity index (χ0n) is 10.5. The highest BCUT2D eigenvalue weighted by Crippen LogP contribution is 2.26. The molecule has 4 nitrogen and oxygen atoms in total. The van der Waals surface area contributed by atoms with Gasteiger partial charge in [-0.2, -0.15) is 0 Å². The topological polar surface area (TPSA) is 67.7 Å². The van der Waals surface area contributed by atoms with Crippen molar-refractivity contribution in [3.05, 3.63) is 46.0 Å². The van der Waals surface area contributed by atoms with Crippen LogP contribution in [0.15, 0.2) is 29.0 Å². The van der Waals surface area contributed by atoms with Gasteiger partial charge in [0.05, 0.1) is 17.7 Å². The van der Waals surface area contributed by atoms with Gasteiger partial charge in [-0.05, 0) is 43.9 Å². The summed E-state index contributed by atoms with van der Waals surface area (Å²) in [5.41, 5.74) is 9.79. The quantitative estimate of drug-likeness (QED) is 0.660. The number of nitrogens with two attached hydrogens (primary N) is 1. The molecule has 2 aromatic rings. The monoisotopic (exact) mass is 318 g/mol. The van der Waals surface area contributed by atoms with E-state index in [1.54, 1.807) is 0 Å². The summed E-state index contributed by atoms with van der Waals surface area (Å²) in [5.74, 6) is 0.0840. The van der Waals surface area contributed by atoms with Gasteiger partial charge in [0.1, 0.15) is 5.84 Å². The van der Waals surface area contributed by atoms with E-state index in [-0.39, 0.29) is 5.84 Å². The summed E-state index contributed by atoms with van der Waals surface area (Å²) in [6.07, 6.45) is 6.35. The lowest BCUT2D eigenvalue weighted by atomic mass is 10.0. The van der Waals surface area contributed by atoms with Crippen LogP contribution < -0.4 is 5.73 Å². The number of rotatable bonds is 2. The fourth-order valence-electron chi connectivity index (χ4n) is 2.61. The Morgan fingerprint density at radius 3 is 2.89 bits per heavy atom. The number of fused-ring (bicyclic) bond motifs is 1. The number of aromatic nitrogens is 2. The molecule has 1 aliphatic carbocycles. The summed E-state index contributed by atoms with van der Waals surface area (Å²) in [5, 5.41) is 7.72. The second-order valence-electron chi connectivity index (χ2n) is 4.79. The fourth-order valence-corrected chi connectivity index (χ4v) is 2.96. The van der Waals surface area contributed by atoms with Crippen molar-refractivity contribution in [1.29, 1.82) is 5.41 Å². The van der Waals surface area contributed by atoms with Crippen molar-refractivity contribution in [1.82, 2.24) is 9.55 Å². The number of amidine groups is 1. The fraction of sp³-hybridized carbons (Fsp3) is 0.286. The largest absolute Gasteiger partial charge is 0.384 e. The number of hydrogen-bond donors (Lipinski definition) is 2. The van der Waals surface area contributed by atoms with Crippen molar-refractivity contribution in [2.24, 2.45) is 5.73 Å². The molecule has 0 bridgehead atoms. The van der Waals surface area contributed by atoms with Gasteiger partial charge in [0.25, 0.3) is 0 Å². The standard InChI is InChI=1S/C14H15BrN4/c15-9-5-6-10(14(16)17)13(7-9)19-8-18-11-3-1-2-4-12(11)19/h5-8H,1-4H2,(H3,16,17). The van der Waals surface area contributed by atoms with Gasteiger partial charge in [0.15, 0.2) is 0 Å². The zero-order chi connectivity index (χ0) is 13.4. The Balaban J connectivity index is 2.19. The van der Waals surface area contributed by atoms with Crippen molar-refractivity contribution < 1.29 is 0 Å². The van der Waals surface area contributed by atoms with Gasteiger partial charge in [-0.1, -0.05) is 15.9 Å². The normalized spacial score (nSPS) is 14.2. The third-order valence-electron chi connectivity index (χ3n) is 3.54. The lowest BCUT2D eigenvalue weighted by Crippen LogP contribution is -2.16. The van der Waals surface area contributed by atoms with Crippen molar-refractivity contribution >= 4 is 21.8 Å². The van der Waals surface area contributed by atoms with Crippen LogP contribution in [0.2, 0.25) is 0 Å². The predicted molar refractivity (Wildman–Crippen MR) is 78.9 cm³/mol. The summed E-state index contributed by atoms with van der Waals surface area (Å²) in [4.78, 5) is 4.50. The molecule has 0 unspecified atom stereocenters. The minimum atomic E-state index is 0.0840. The van der Waals surface area contributed by atoms with E-state index in [1.165, 1.54) is 24.2 Å². The van der Waals surface area contributed by atoms with Crippen molar-refractivity contribution in [3.8, 4) is 5.69 Å². The maximum absolute atomic E-state index is 7.72. The molecular weight excluding hydrogens is 304 g/mol. The van der Waals surface area contributed by atoms with E-state index in [0.717, 1.165) is 28.6 Å². The van der Waals surface area contributed by atoms with E-state index >= 15 is 0 Å². The molecule has 1 heterocycles. The van der Waals surface area contributed by atoms with E-state index < -0.39 is 0 Å². The number of nitrogen functional groups attached to an aromatic ring is 1. The highest BCUT2D eigenvalue weighted by Gasteiger charge is 2.18. The summed E-state index contributed by atoms with van der Waals surface area (Å²) in [7, 11) is 0. The number of nitrogens with zero attached hydrogens (tertiary/aromatic N) is 2. The summed E-state index contributed by atoms with van der Waals surface area (Å²) < 4.78 is 3.06. The lowest BCUT2D eigenvalue weighted by Gasteiger charge is -2.16. The molecule has 0 amide bonds. The van der Waals surface area contributed by atoms with Gasteiger partial charge >= 0.3 is 0 Å². The number of benzene rings is 1. The molecule has 1 aliphatic rings. The number of imidazole rings is 1. The smallest absolute Gasteiger partial charge is 0.124 e. The van der Waals surface area contributed by atoms with Gasteiger partial charge in [0, 0.05) is 15.7 Å². The number of nitrogens with one attached hydrogen (secondary N) is 1. The molecule has 1 aromatic heterocycles. The van der Waals surface area contributed by atoms with Gasteiger partial charge in [0.2, 0.25) is 0 Å². The number of hydrogen-bond acceptors (Lipinski definition) is 2. The number of aryl methyl sites for hydroxylation is 1. The van der Waals surface area contributed by atoms with Crippen LogP contribution in [-0.4, -0.2) is 15.4 Å². The SMILES string of the molecule is N=C(N)c1ccc(Br)cc1-n1cnc2c1CCCC2. The molecule has 3 rings (SSSR count). The van der Waals surface area contributed by atoms with Gasteiger partial charge in [-0.15, -0.1) is 0 Å². The van der Waals surface area contributed by atoms with E-state index in [0.29, 0.717) is 0 Å². The van der Waals surface area contributed by atoms with Crippen LogP contribution in [0.5, 0.6) is 0 Å². The Kier molecular flexibility index (Phi) is 3.14. The Bertz CT molecular complexity index is 645. The minimum absolute atomic E-state index is 0.0840. The minimum Gasteiger partial charge on any atom is -0.384 e. The first-order valence-electron chi connectivity index (χ1n) is 6.36. The first-order valence-corrected chi connectivity index (χ1v) is 7.15. The average molecular weight is 319 g/mol. The highest BCUT2D eigenvalue weighted by molar-refractivity contribution is 9.10. The van der Waals surface area contributed by atoms with Crippen LogP contribution in [0, 0.1) is 5.41 Å². The molecule has 0 fully saturated rings. The summed E-state index contributed by atoms with van der Waals surface area (Å²) >= 11 is 3.48. The Labute approximate surface area is 120 Å². The van der Waals surface area contributed by atoms with Gasteiger partial charge < -0.3 is 10.3 Å². The lowest BCUT2D eigenvalue weighted by molar-refractivity contribution is 0.656. The molecule has 98 valence electrons. The van der Waals surface area contributed by atoms with Crippen LogP contribution in [0.25, 0.3) is 5.69 Å².